The van der Waals surface area contributed by atoms with Crippen LogP contribution in [-0.4, -0.2) is 10.3 Å². The summed E-state index contributed by atoms with van der Waals surface area (Å²) in [5.74, 6) is 0. The quantitative estimate of drug-likeness (QED) is 0.289. The van der Waals surface area contributed by atoms with Crippen molar-refractivity contribution in [2.24, 2.45) is 0 Å². The zero-order chi connectivity index (χ0) is 3.58. The molecule has 0 unspecified atom stereocenters. The van der Waals surface area contributed by atoms with Crippen LogP contribution in [0.1, 0.15) is 0 Å². The van der Waals surface area contributed by atoms with Gasteiger partial charge in [0, 0.05) is 0 Å². The Morgan fingerprint density at radius 2 is 1.80 bits per heavy atom. The third-order valence-electron chi connectivity index (χ3n) is 0. The summed E-state index contributed by atoms with van der Waals surface area (Å²) in [5.41, 5.74) is 0. The summed E-state index contributed by atoms with van der Waals surface area (Å²) < 4.78 is 0. The third kappa shape index (κ3) is 44.7. The molecule has 0 aromatic carbocycles. The van der Waals surface area contributed by atoms with Gasteiger partial charge in [-0.1, -0.05) is 0 Å². The smallest absolute Gasteiger partial charge is 0.328 e. The van der Waals surface area contributed by atoms with Gasteiger partial charge in [-0.25, -0.2) is 0 Å². The summed E-state index contributed by atoms with van der Waals surface area (Å²) >= 11 is 0. The average Bonchev–Trinajstić information content (AvgIpc) is 0.811. The van der Waals surface area contributed by atoms with E-state index < -0.39 is 5.09 Å². The maximum absolute atomic E-state index is 8.36. The van der Waals surface area contributed by atoms with Crippen molar-refractivity contribution < 1.29 is 68.5 Å². The molecule has 24 valence electrons. The summed E-state index contributed by atoms with van der Waals surface area (Å²) in [6.07, 6.45) is 0. The minimum atomic E-state index is -1.50. The largest absolute Gasteiger partial charge is 1.00 e. The predicted octanol–water partition coefficient (Wildman–Crippen LogP) is -3.34. The fourth-order valence-electron chi connectivity index (χ4n) is 0. The molecule has 5 heavy (non-hydrogen) atoms. The summed E-state index contributed by atoms with van der Waals surface area (Å²) in [5, 5.41) is 13.6. The molecule has 0 aromatic heterocycles. The van der Waals surface area contributed by atoms with Crippen molar-refractivity contribution in [3.63, 3.8) is 0 Å². The number of rotatable bonds is 0. The van der Waals surface area contributed by atoms with E-state index in [1.807, 2.05) is 0 Å². The molecule has 0 saturated carbocycles. The Morgan fingerprint density at radius 1 is 1.80 bits per heavy atom. The molecule has 0 rings (SSSR count). The first-order valence-electron chi connectivity index (χ1n) is 0.565. The fourth-order valence-corrected chi connectivity index (χ4v) is 0. The standard InChI is InChI=1S/HNO3.Rb/c2-1(3)4;/h(H,2,3,4);/q;+1. The molecule has 0 radical (unpaired) electrons. The number of hydrogen-bond acceptors (Lipinski definition) is 2. The van der Waals surface area contributed by atoms with Gasteiger partial charge in [-0.05, 0) is 0 Å². The molecule has 5 heteroatoms. The van der Waals surface area contributed by atoms with E-state index in [1.165, 1.54) is 0 Å². The van der Waals surface area contributed by atoms with Crippen molar-refractivity contribution in [1.29, 1.82) is 0 Å². The van der Waals surface area contributed by atoms with Crippen LogP contribution in [0.2, 0.25) is 0 Å². The van der Waals surface area contributed by atoms with Gasteiger partial charge in [-0.2, -0.15) is 0 Å². The first-order chi connectivity index (χ1) is 1.73. The van der Waals surface area contributed by atoms with E-state index in [1.54, 1.807) is 0 Å². The van der Waals surface area contributed by atoms with Crippen LogP contribution in [0.4, 0.5) is 0 Å². The molecule has 0 heterocycles. The van der Waals surface area contributed by atoms with Crippen molar-refractivity contribution in [2.45, 2.75) is 0 Å². The van der Waals surface area contributed by atoms with Gasteiger partial charge in [0.15, 0.2) is 0 Å². The second-order valence-corrected chi connectivity index (χ2v) is 0.238. The molecule has 4 nitrogen and oxygen atoms in total. The SMILES string of the molecule is O=[N+]([O-])O.[Rb+]. The Bertz CT molecular complexity index is 29.9. The number of nitrogens with zero attached hydrogens (tertiary/aromatic N) is 1. The van der Waals surface area contributed by atoms with Gasteiger partial charge in [-0.15, -0.1) is 10.1 Å². The van der Waals surface area contributed by atoms with Crippen LogP contribution in [0, 0.1) is 10.1 Å². The van der Waals surface area contributed by atoms with Gasteiger partial charge in [0.05, 0.1) is 0 Å². The molecule has 0 atom stereocenters. The van der Waals surface area contributed by atoms with E-state index in [2.05, 4.69) is 0 Å². The zero-order valence-electron chi connectivity index (χ0n) is 2.71. The first kappa shape index (κ1) is 9.38. The van der Waals surface area contributed by atoms with Crippen molar-refractivity contribution in [3.8, 4) is 0 Å². The molecular formula is HNO3Rb+. The zero-order valence-corrected chi connectivity index (χ0v) is 7.63. The second-order valence-electron chi connectivity index (χ2n) is 0.238. The normalized spacial score (nSPS) is 4.80. The van der Waals surface area contributed by atoms with Crippen LogP contribution in [-0.2, 0) is 0 Å². The van der Waals surface area contributed by atoms with Gasteiger partial charge in [0.25, 0.3) is 5.09 Å². The Kier molecular flexibility index (Phi) is 9.39. The first-order valence-corrected chi connectivity index (χ1v) is 0.565. The molecule has 0 fully saturated rings. The molecule has 0 aliphatic carbocycles. The Hall–Kier alpha value is 1.01. The fraction of sp³-hybridized carbons (Fsp3) is 0. The summed E-state index contributed by atoms with van der Waals surface area (Å²) in [6.45, 7) is 0. The molecule has 0 saturated heterocycles. The van der Waals surface area contributed by atoms with E-state index in [9.17, 15) is 0 Å². The monoisotopic (exact) mass is 148 g/mol. The number of hydrogen-bond donors (Lipinski definition) is 1. The van der Waals surface area contributed by atoms with Gasteiger partial charge in [0.2, 0.25) is 0 Å². The molecular weight excluding hydrogens is 147 g/mol. The predicted molar refractivity (Wildman–Crippen MR) is 8.78 cm³/mol. The Labute approximate surface area is 77.1 Å². The van der Waals surface area contributed by atoms with Gasteiger partial charge in [-0.3, -0.25) is 0 Å². The van der Waals surface area contributed by atoms with Crippen LogP contribution in [0.25, 0.3) is 0 Å². The third-order valence-corrected chi connectivity index (χ3v) is 0. The van der Waals surface area contributed by atoms with Crippen LogP contribution in [0.3, 0.4) is 0 Å². The van der Waals surface area contributed by atoms with E-state index in [0.717, 1.165) is 0 Å². The Morgan fingerprint density at radius 3 is 1.80 bits per heavy atom. The van der Waals surface area contributed by atoms with Crippen molar-refractivity contribution >= 4 is 0 Å². The van der Waals surface area contributed by atoms with Gasteiger partial charge < -0.3 is 5.21 Å². The maximum atomic E-state index is 8.36. The molecule has 0 aliphatic heterocycles. The van der Waals surface area contributed by atoms with Crippen molar-refractivity contribution in [2.75, 3.05) is 0 Å². The molecule has 0 aromatic rings. The summed E-state index contributed by atoms with van der Waals surface area (Å²) in [7, 11) is 0. The summed E-state index contributed by atoms with van der Waals surface area (Å²) in [6, 6.07) is 0. The topological polar surface area (TPSA) is 63.4 Å². The minimum absolute atomic E-state index is 0. The van der Waals surface area contributed by atoms with E-state index in [0.29, 0.717) is 0 Å². The molecule has 0 aliphatic rings. The van der Waals surface area contributed by atoms with Crippen molar-refractivity contribution in [1.82, 2.24) is 0 Å². The van der Waals surface area contributed by atoms with Crippen LogP contribution in [0.5, 0.6) is 0 Å². The molecule has 1 N–H and O–H groups in total. The summed E-state index contributed by atoms with van der Waals surface area (Å²) in [4.78, 5) is 8.36. The maximum Gasteiger partial charge on any atom is 1.00 e. The molecule has 0 amide bonds. The van der Waals surface area contributed by atoms with Gasteiger partial charge >= 0.3 is 58.2 Å². The van der Waals surface area contributed by atoms with E-state index in [-0.39, 0.29) is 58.2 Å². The minimum Gasteiger partial charge on any atom is -0.328 e. The average molecular weight is 148 g/mol. The van der Waals surface area contributed by atoms with Crippen LogP contribution < -0.4 is 58.2 Å². The second kappa shape index (κ2) is 5.01. The van der Waals surface area contributed by atoms with Gasteiger partial charge in [0.1, 0.15) is 0 Å². The molecule has 0 spiro atoms. The molecule has 0 bridgehead atoms. The van der Waals surface area contributed by atoms with E-state index >= 15 is 0 Å². The van der Waals surface area contributed by atoms with Crippen molar-refractivity contribution in [3.05, 3.63) is 10.1 Å². The Balaban J connectivity index is 0. The van der Waals surface area contributed by atoms with Crippen LogP contribution >= 0.6 is 0 Å². The van der Waals surface area contributed by atoms with E-state index in [4.69, 9.17) is 15.3 Å². The van der Waals surface area contributed by atoms with Crippen LogP contribution in [0.15, 0.2) is 0 Å².